The molecule has 0 amide bonds. The molecule has 33 heavy (non-hydrogen) atoms. The lowest BCUT2D eigenvalue weighted by Gasteiger charge is -2.02. The summed E-state index contributed by atoms with van der Waals surface area (Å²) in [5.74, 6) is -2.70. The van der Waals surface area contributed by atoms with Gasteiger partial charge in [0.15, 0.2) is 0 Å². The number of carboxylic acid groups (broad SMARTS) is 3. The van der Waals surface area contributed by atoms with Gasteiger partial charge in [0.1, 0.15) is 37.1 Å². The average molecular weight is 475 g/mol. The van der Waals surface area contributed by atoms with Crippen LogP contribution in [0, 0.1) is 0 Å². The molecule has 0 radical (unpaired) electrons. The molecule has 3 atom stereocenters. The van der Waals surface area contributed by atoms with E-state index in [2.05, 4.69) is 15.0 Å². The maximum Gasteiger partial charge on any atom is 0.320 e. The van der Waals surface area contributed by atoms with Gasteiger partial charge in [-0.2, -0.15) is 0 Å². The molecule has 1 rings (SSSR count). The molecule has 12 heteroatoms. The van der Waals surface area contributed by atoms with Crippen molar-refractivity contribution in [3.8, 4) is 0 Å². The van der Waals surface area contributed by atoms with Crippen molar-refractivity contribution in [1.29, 1.82) is 0 Å². The van der Waals surface area contributed by atoms with Crippen LogP contribution in [0.25, 0.3) is 0 Å². The van der Waals surface area contributed by atoms with E-state index < -0.39 is 36.0 Å². The lowest BCUT2D eigenvalue weighted by Crippen LogP contribution is -2.29. The summed E-state index contributed by atoms with van der Waals surface area (Å²) in [6.07, 6.45) is 11.8. The number of carbonyl (C=O) groups is 3. The van der Waals surface area contributed by atoms with Crippen molar-refractivity contribution in [3.63, 3.8) is 0 Å². The molecule has 0 fully saturated rings. The van der Waals surface area contributed by atoms with Crippen LogP contribution >= 0.6 is 0 Å². The van der Waals surface area contributed by atoms with E-state index in [4.69, 9.17) is 32.5 Å². The molecule has 192 valence electrons. The highest BCUT2D eigenvalue weighted by molar-refractivity contribution is 5.73. The smallest absolute Gasteiger partial charge is 0.320 e. The molecule has 3 unspecified atom stereocenters. The van der Waals surface area contributed by atoms with Crippen LogP contribution in [0.2, 0.25) is 0 Å². The van der Waals surface area contributed by atoms with Gasteiger partial charge < -0.3 is 32.5 Å². The van der Waals surface area contributed by atoms with Gasteiger partial charge in [-0.25, -0.2) is 15.0 Å². The normalized spacial score (nSPS) is 12.2. The van der Waals surface area contributed by atoms with Crippen LogP contribution in [-0.2, 0) is 14.4 Å². The van der Waals surface area contributed by atoms with E-state index in [0.29, 0.717) is 19.3 Å². The first-order valence-corrected chi connectivity index (χ1v) is 11.0. The molecule has 0 saturated heterocycles. The summed E-state index contributed by atoms with van der Waals surface area (Å²) in [7, 11) is 0. The number of aromatic nitrogens is 3. The van der Waals surface area contributed by atoms with E-state index in [9.17, 15) is 14.4 Å². The monoisotopic (exact) mass is 474 g/mol. The van der Waals surface area contributed by atoms with Crippen molar-refractivity contribution in [2.24, 2.45) is 17.2 Å². The van der Waals surface area contributed by atoms with Crippen LogP contribution < -0.4 is 17.2 Å². The Hall–Kier alpha value is -2.70. The van der Waals surface area contributed by atoms with Gasteiger partial charge >= 0.3 is 17.9 Å². The molecule has 0 saturated carbocycles. The topological polar surface area (TPSA) is 229 Å². The van der Waals surface area contributed by atoms with E-state index >= 15 is 0 Å². The Morgan fingerprint density at radius 1 is 0.606 bits per heavy atom. The third-order valence-corrected chi connectivity index (χ3v) is 3.96. The third kappa shape index (κ3) is 29.3. The molecule has 0 spiro atoms. The molecule has 9 N–H and O–H groups in total. The zero-order valence-corrected chi connectivity index (χ0v) is 20.0. The minimum absolute atomic E-state index is 0.589. The van der Waals surface area contributed by atoms with Gasteiger partial charge in [0.05, 0.1) is 0 Å². The number of hydrogen-bond donors (Lipinski definition) is 6. The van der Waals surface area contributed by atoms with Crippen LogP contribution in [-0.4, -0.2) is 66.3 Å². The molecule has 0 aliphatic rings. The fraction of sp³-hybridized carbons (Fsp3) is 0.714. The zero-order valence-electron chi connectivity index (χ0n) is 20.0. The zero-order chi connectivity index (χ0) is 26.1. The largest absolute Gasteiger partial charge is 0.480 e. The Bertz CT molecular complexity index is 510. The number of unbranched alkanes of at least 4 members (excludes halogenated alkanes) is 3. The lowest BCUT2D eigenvalue weighted by molar-refractivity contribution is -0.139. The van der Waals surface area contributed by atoms with Crippen molar-refractivity contribution in [2.45, 2.75) is 96.7 Å². The molecule has 0 aliphatic heterocycles. The fourth-order valence-corrected chi connectivity index (χ4v) is 1.85. The molecule has 1 aromatic rings. The average Bonchev–Trinajstić information content (AvgIpc) is 2.81. The van der Waals surface area contributed by atoms with E-state index in [1.54, 1.807) is 0 Å². The lowest BCUT2D eigenvalue weighted by atomic mass is 10.1. The van der Waals surface area contributed by atoms with Crippen LogP contribution in [0.1, 0.15) is 78.6 Å². The summed E-state index contributed by atoms with van der Waals surface area (Å²) in [6.45, 7) is 6.03. The number of aliphatic carboxylic acids is 3. The quantitative estimate of drug-likeness (QED) is 0.254. The highest BCUT2D eigenvalue weighted by Gasteiger charge is 2.10. The molecular formula is C21H42N6O6. The van der Waals surface area contributed by atoms with Crippen LogP contribution in [0.15, 0.2) is 19.0 Å². The first-order chi connectivity index (χ1) is 15.5. The van der Waals surface area contributed by atoms with Crippen molar-refractivity contribution in [2.75, 3.05) is 0 Å². The Morgan fingerprint density at radius 3 is 0.939 bits per heavy atom. The molecule has 12 nitrogen and oxygen atoms in total. The van der Waals surface area contributed by atoms with E-state index in [-0.39, 0.29) is 0 Å². The summed E-state index contributed by atoms with van der Waals surface area (Å²) >= 11 is 0. The van der Waals surface area contributed by atoms with Gasteiger partial charge in [0, 0.05) is 0 Å². The minimum atomic E-state index is -0.900. The molecule has 1 aromatic heterocycles. The van der Waals surface area contributed by atoms with Gasteiger partial charge in [-0.05, 0) is 19.3 Å². The van der Waals surface area contributed by atoms with E-state index in [1.807, 2.05) is 20.8 Å². The second-order valence-corrected chi connectivity index (χ2v) is 7.05. The number of carboxylic acids is 3. The summed E-state index contributed by atoms with van der Waals surface area (Å²) < 4.78 is 0. The maximum atomic E-state index is 10.1. The SMILES string of the molecule is CCCCC(N)C(=O)O.CCCCC(N)C(=O)O.CCCCC(N)C(=O)O.c1ncncn1. The van der Waals surface area contributed by atoms with Gasteiger partial charge in [-0.1, -0.05) is 59.3 Å². The molecule has 0 aromatic carbocycles. The van der Waals surface area contributed by atoms with Crippen LogP contribution in [0.4, 0.5) is 0 Å². The Kier molecular flexibility index (Phi) is 27.0. The van der Waals surface area contributed by atoms with Crippen molar-refractivity contribution < 1.29 is 29.7 Å². The minimum Gasteiger partial charge on any atom is -0.480 e. The molecular weight excluding hydrogens is 432 g/mol. The summed E-state index contributed by atoms with van der Waals surface area (Å²) in [5.41, 5.74) is 15.6. The summed E-state index contributed by atoms with van der Waals surface area (Å²) in [4.78, 5) is 40.9. The number of rotatable bonds is 12. The number of hydrogen-bond acceptors (Lipinski definition) is 9. The molecule has 0 aliphatic carbocycles. The van der Waals surface area contributed by atoms with Gasteiger partial charge in [0.2, 0.25) is 0 Å². The second kappa shape index (κ2) is 25.6. The predicted octanol–water partition coefficient (Wildman–Crippen LogP) is 1.64. The predicted molar refractivity (Wildman–Crippen MR) is 125 cm³/mol. The van der Waals surface area contributed by atoms with Crippen molar-refractivity contribution in [3.05, 3.63) is 19.0 Å². The first kappa shape index (κ1) is 34.9. The number of nitrogens with two attached hydrogens (primary N) is 3. The van der Waals surface area contributed by atoms with Crippen molar-refractivity contribution in [1.82, 2.24) is 15.0 Å². The van der Waals surface area contributed by atoms with Crippen LogP contribution in [0.5, 0.6) is 0 Å². The van der Waals surface area contributed by atoms with E-state index in [1.165, 1.54) is 19.0 Å². The van der Waals surface area contributed by atoms with E-state index in [0.717, 1.165) is 38.5 Å². The Morgan fingerprint density at radius 2 is 0.818 bits per heavy atom. The number of nitrogens with zero attached hydrogens (tertiary/aromatic N) is 3. The second-order valence-electron chi connectivity index (χ2n) is 7.05. The fourth-order valence-electron chi connectivity index (χ4n) is 1.85. The molecule has 0 bridgehead atoms. The van der Waals surface area contributed by atoms with Gasteiger partial charge in [0.25, 0.3) is 0 Å². The standard InChI is InChI=1S/3C6H13NO2.C3H3N3/c3*1-2-3-4-5(7)6(8)9;1-4-2-6-3-5-1/h3*5H,2-4,7H2,1H3,(H,8,9);1-3H. The Labute approximate surface area is 196 Å². The van der Waals surface area contributed by atoms with Gasteiger partial charge in [-0.15, -0.1) is 0 Å². The highest BCUT2D eigenvalue weighted by Crippen LogP contribution is 1.98. The Balaban J connectivity index is -0.000000367. The first-order valence-electron chi connectivity index (χ1n) is 11.0. The maximum absolute atomic E-state index is 10.1. The highest BCUT2D eigenvalue weighted by atomic mass is 16.4. The van der Waals surface area contributed by atoms with Gasteiger partial charge in [-0.3, -0.25) is 14.4 Å². The summed E-state index contributed by atoms with van der Waals surface area (Å²) in [5, 5.41) is 24.9. The van der Waals surface area contributed by atoms with Crippen LogP contribution in [0.3, 0.4) is 0 Å². The third-order valence-electron chi connectivity index (χ3n) is 3.96. The van der Waals surface area contributed by atoms with Crippen molar-refractivity contribution >= 4 is 17.9 Å². The molecule has 1 heterocycles. The summed E-state index contributed by atoms with van der Waals surface area (Å²) in [6, 6.07) is -1.99.